The Balaban J connectivity index is 1.43. The molecule has 0 aliphatic rings. The Morgan fingerprint density at radius 3 is 2.18 bits per heavy atom. The second-order valence-corrected chi connectivity index (χ2v) is 9.51. The fraction of sp³-hybridized carbons (Fsp3) is 0.103. The second kappa shape index (κ2) is 13.2. The lowest BCUT2D eigenvalue weighted by Gasteiger charge is -2.24. The summed E-state index contributed by atoms with van der Waals surface area (Å²) < 4.78 is 5.87. The normalized spacial score (nSPS) is 10.5. The molecule has 0 saturated carbocycles. The average Bonchev–Trinajstić information content (AvgIpc) is 2.90. The van der Waals surface area contributed by atoms with Gasteiger partial charge in [-0.2, -0.15) is 0 Å². The first-order chi connectivity index (χ1) is 18.4. The SMILES string of the molecule is O=C(NCCCN(C(=O)Nc1cccc(Cl)c1)c1ccc(Oc2ccccc2)cc1)c1ccc(Cl)cc1Cl. The van der Waals surface area contributed by atoms with Crippen LogP contribution in [-0.2, 0) is 0 Å². The van der Waals surface area contributed by atoms with Crippen LogP contribution in [0.25, 0.3) is 0 Å². The number of benzene rings is 4. The third-order valence-electron chi connectivity index (χ3n) is 5.47. The van der Waals surface area contributed by atoms with E-state index < -0.39 is 0 Å². The highest BCUT2D eigenvalue weighted by Crippen LogP contribution is 2.26. The lowest BCUT2D eigenvalue weighted by atomic mass is 10.2. The van der Waals surface area contributed by atoms with Crippen LogP contribution in [0.1, 0.15) is 16.8 Å². The summed E-state index contributed by atoms with van der Waals surface area (Å²) in [5, 5.41) is 6.95. The number of hydrogen-bond donors (Lipinski definition) is 2. The lowest BCUT2D eigenvalue weighted by Crippen LogP contribution is -2.37. The minimum atomic E-state index is -0.337. The van der Waals surface area contributed by atoms with E-state index in [1.807, 2.05) is 42.5 Å². The van der Waals surface area contributed by atoms with Gasteiger partial charge >= 0.3 is 6.03 Å². The van der Waals surface area contributed by atoms with E-state index in [4.69, 9.17) is 39.5 Å². The number of carbonyl (C=O) groups excluding carboxylic acids is 2. The third-order valence-corrected chi connectivity index (χ3v) is 6.25. The number of halogens is 3. The van der Waals surface area contributed by atoms with Crippen LogP contribution in [0.2, 0.25) is 15.1 Å². The predicted molar refractivity (Wildman–Crippen MR) is 154 cm³/mol. The fourth-order valence-corrected chi connectivity index (χ4v) is 4.32. The molecule has 4 aromatic carbocycles. The van der Waals surface area contributed by atoms with Crippen molar-refractivity contribution in [1.29, 1.82) is 0 Å². The Hall–Kier alpha value is -3.71. The molecule has 0 atom stereocenters. The Morgan fingerprint density at radius 2 is 1.47 bits per heavy atom. The molecule has 2 N–H and O–H groups in total. The maximum absolute atomic E-state index is 13.2. The summed E-state index contributed by atoms with van der Waals surface area (Å²) in [6, 6.07) is 27.9. The van der Waals surface area contributed by atoms with Crippen LogP contribution in [0.5, 0.6) is 11.5 Å². The van der Waals surface area contributed by atoms with E-state index in [-0.39, 0.29) is 17.0 Å². The van der Waals surface area contributed by atoms with Gasteiger partial charge in [-0.25, -0.2) is 4.79 Å². The van der Waals surface area contributed by atoms with Gasteiger partial charge < -0.3 is 15.4 Å². The first kappa shape index (κ1) is 27.3. The Morgan fingerprint density at radius 1 is 0.763 bits per heavy atom. The highest BCUT2D eigenvalue weighted by Gasteiger charge is 2.17. The van der Waals surface area contributed by atoms with Crippen molar-refractivity contribution in [1.82, 2.24) is 5.32 Å². The first-order valence-electron chi connectivity index (χ1n) is 11.8. The zero-order valence-electron chi connectivity index (χ0n) is 20.2. The van der Waals surface area contributed by atoms with Crippen LogP contribution in [0.3, 0.4) is 0 Å². The summed E-state index contributed by atoms with van der Waals surface area (Å²) in [4.78, 5) is 27.4. The summed E-state index contributed by atoms with van der Waals surface area (Å²) in [6.45, 7) is 0.661. The summed E-state index contributed by atoms with van der Waals surface area (Å²) >= 11 is 18.1. The van der Waals surface area contributed by atoms with Crippen molar-refractivity contribution >= 4 is 58.1 Å². The molecular formula is C29H24Cl3N3O3. The van der Waals surface area contributed by atoms with E-state index in [1.165, 1.54) is 6.07 Å². The van der Waals surface area contributed by atoms with Gasteiger partial charge in [0.2, 0.25) is 0 Å². The number of nitrogens with zero attached hydrogens (tertiary/aromatic N) is 1. The summed E-state index contributed by atoms with van der Waals surface area (Å²) in [5.41, 5.74) is 1.57. The van der Waals surface area contributed by atoms with Crippen LogP contribution in [-0.4, -0.2) is 25.0 Å². The van der Waals surface area contributed by atoms with E-state index in [0.29, 0.717) is 58.0 Å². The Bertz CT molecular complexity index is 1400. The summed E-state index contributed by atoms with van der Waals surface area (Å²) in [7, 11) is 0. The van der Waals surface area contributed by atoms with E-state index in [1.54, 1.807) is 53.4 Å². The Labute approximate surface area is 236 Å². The molecule has 4 rings (SSSR count). The molecule has 0 aromatic heterocycles. The van der Waals surface area contributed by atoms with E-state index in [0.717, 1.165) is 0 Å². The van der Waals surface area contributed by atoms with Gasteiger partial charge in [-0.3, -0.25) is 9.69 Å². The van der Waals surface area contributed by atoms with Crippen molar-refractivity contribution in [3.05, 3.63) is 118 Å². The molecule has 194 valence electrons. The van der Waals surface area contributed by atoms with Crippen molar-refractivity contribution in [2.24, 2.45) is 0 Å². The van der Waals surface area contributed by atoms with Crippen LogP contribution >= 0.6 is 34.8 Å². The number of para-hydroxylation sites is 1. The van der Waals surface area contributed by atoms with Gasteiger partial charge in [0.25, 0.3) is 5.91 Å². The molecule has 0 saturated heterocycles. The molecule has 0 bridgehead atoms. The number of amides is 3. The number of hydrogen-bond acceptors (Lipinski definition) is 3. The van der Waals surface area contributed by atoms with Crippen molar-refractivity contribution in [3.8, 4) is 11.5 Å². The van der Waals surface area contributed by atoms with Gasteiger partial charge in [-0.05, 0) is 79.2 Å². The summed E-state index contributed by atoms with van der Waals surface area (Å²) in [6.07, 6.45) is 0.488. The van der Waals surface area contributed by atoms with Gasteiger partial charge in [0.1, 0.15) is 11.5 Å². The molecule has 0 radical (unpaired) electrons. The number of ether oxygens (including phenoxy) is 1. The van der Waals surface area contributed by atoms with Gasteiger partial charge in [0, 0.05) is 34.5 Å². The molecule has 38 heavy (non-hydrogen) atoms. The average molecular weight is 569 g/mol. The molecule has 6 nitrogen and oxygen atoms in total. The van der Waals surface area contributed by atoms with E-state index >= 15 is 0 Å². The largest absolute Gasteiger partial charge is 0.457 e. The standard InChI is InChI=1S/C29H24Cl3N3O3/c30-20-6-4-7-22(18-20)34-29(37)35(17-5-16-33-28(36)26-15-10-21(31)19-27(26)32)23-11-13-25(14-12-23)38-24-8-2-1-3-9-24/h1-4,6-15,18-19H,5,16-17H2,(H,33,36)(H,34,37). The topological polar surface area (TPSA) is 70.7 Å². The van der Waals surface area contributed by atoms with E-state index in [9.17, 15) is 9.59 Å². The molecule has 0 unspecified atom stereocenters. The van der Waals surface area contributed by atoms with Crippen LogP contribution in [0.4, 0.5) is 16.2 Å². The number of rotatable bonds is 9. The van der Waals surface area contributed by atoms with Crippen molar-refractivity contribution < 1.29 is 14.3 Å². The summed E-state index contributed by atoms with van der Waals surface area (Å²) in [5.74, 6) is 1.04. The fourth-order valence-electron chi connectivity index (χ4n) is 3.63. The molecule has 3 amide bonds. The minimum absolute atomic E-state index is 0.273. The van der Waals surface area contributed by atoms with Gasteiger partial charge in [0.05, 0.1) is 10.6 Å². The van der Waals surface area contributed by atoms with Gasteiger partial charge in [0.15, 0.2) is 0 Å². The number of anilines is 2. The molecular weight excluding hydrogens is 545 g/mol. The van der Waals surface area contributed by atoms with Gasteiger partial charge in [-0.1, -0.05) is 59.1 Å². The quantitative estimate of drug-likeness (QED) is 0.200. The predicted octanol–water partition coefficient (Wildman–Crippen LogP) is 8.30. The smallest absolute Gasteiger partial charge is 0.326 e. The maximum atomic E-state index is 13.2. The van der Waals surface area contributed by atoms with Crippen molar-refractivity contribution in [2.75, 3.05) is 23.3 Å². The van der Waals surface area contributed by atoms with Crippen molar-refractivity contribution in [2.45, 2.75) is 6.42 Å². The highest BCUT2D eigenvalue weighted by molar-refractivity contribution is 6.36. The Kier molecular flexibility index (Phi) is 9.49. The first-order valence-corrected chi connectivity index (χ1v) is 12.9. The van der Waals surface area contributed by atoms with Crippen LogP contribution < -0.4 is 20.3 Å². The molecule has 9 heteroatoms. The number of carbonyl (C=O) groups is 2. The van der Waals surface area contributed by atoms with Crippen LogP contribution in [0, 0.1) is 0 Å². The highest BCUT2D eigenvalue weighted by atomic mass is 35.5. The number of nitrogens with one attached hydrogen (secondary N) is 2. The zero-order valence-corrected chi connectivity index (χ0v) is 22.4. The molecule has 0 spiro atoms. The molecule has 0 aliphatic heterocycles. The van der Waals surface area contributed by atoms with E-state index in [2.05, 4.69) is 10.6 Å². The second-order valence-electron chi connectivity index (χ2n) is 8.23. The number of urea groups is 1. The molecule has 0 heterocycles. The zero-order chi connectivity index (χ0) is 26.9. The third kappa shape index (κ3) is 7.65. The maximum Gasteiger partial charge on any atom is 0.326 e. The lowest BCUT2D eigenvalue weighted by molar-refractivity contribution is 0.0953. The molecule has 0 fully saturated rings. The minimum Gasteiger partial charge on any atom is -0.457 e. The monoisotopic (exact) mass is 567 g/mol. The van der Waals surface area contributed by atoms with Gasteiger partial charge in [-0.15, -0.1) is 0 Å². The molecule has 0 aliphatic carbocycles. The molecule has 4 aromatic rings. The van der Waals surface area contributed by atoms with Crippen LogP contribution in [0.15, 0.2) is 97.1 Å². The van der Waals surface area contributed by atoms with Crippen molar-refractivity contribution in [3.63, 3.8) is 0 Å².